The van der Waals surface area contributed by atoms with Crippen LogP contribution < -0.4 is 15.3 Å². The summed E-state index contributed by atoms with van der Waals surface area (Å²) >= 11 is 0. The summed E-state index contributed by atoms with van der Waals surface area (Å²) in [7, 11) is 5.60. The van der Waals surface area contributed by atoms with Crippen LogP contribution in [0.25, 0.3) is 22.5 Å². The highest BCUT2D eigenvalue weighted by Gasteiger charge is 2.07. The van der Waals surface area contributed by atoms with E-state index in [0.29, 0.717) is 5.69 Å². The van der Waals surface area contributed by atoms with Gasteiger partial charge in [-0.2, -0.15) is 4.98 Å². The van der Waals surface area contributed by atoms with Crippen LogP contribution in [0.3, 0.4) is 0 Å². The van der Waals surface area contributed by atoms with Gasteiger partial charge in [-0.1, -0.05) is 12.1 Å². The molecule has 0 radical (unpaired) electrons. The predicted octanol–water partition coefficient (Wildman–Crippen LogP) is 3.18. The molecule has 0 fully saturated rings. The number of H-pyrrole nitrogens is 1. The first kappa shape index (κ1) is 15.8. The van der Waals surface area contributed by atoms with Gasteiger partial charge in [-0.15, -0.1) is 0 Å². The number of hydrogen-bond acceptors (Lipinski definition) is 4. The quantitative estimate of drug-likeness (QED) is 0.802. The van der Waals surface area contributed by atoms with E-state index in [9.17, 15) is 4.79 Å². The maximum Gasteiger partial charge on any atom is 0.345 e. The van der Waals surface area contributed by atoms with E-state index in [4.69, 9.17) is 4.74 Å². The molecular weight excluding hydrogens is 302 g/mol. The van der Waals surface area contributed by atoms with Crippen LogP contribution in [0.5, 0.6) is 5.75 Å². The normalized spacial score (nSPS) is 10.5. The number of anilines is 1. The zero-order valence-electron chi connectivity index (χ0n) is 13.9. The molecule has 0 saturated carbocycles. The molecule has 1 N–H and O–H groups in total. The molecule has 122 valence electrons. The van der Waals surface area contributed by atoms with Crippen molar-refractivity contribution >= 4 is 5.69 Å². The molecule has 5 nitrogen and oxygen atoms in total. The Hall–Kier alpha value is -3.08. The van der Waals surface area contributed by atoms with Crippen LogP contribution in [0, 0.1) is 0 Å². The van der Waals surface area contributed by atoms with Crippen molar-refractivity contribution in [2.75, 3.05) is 26.1 Å². The first-order chi connectivity index (χ1) is 11.6. The summed E-state index contributed by atoms with van der Waals surface area (Å²) in [6.07, 6.45) is 0. The summed E-state index contributed by atoms with van der Waals surface area (Å²) in [4.78, 5) is 20.9. The number of nitrogens with one attached hydrogen (secondary N) is 1. The number of nitrogens with zero attached hydrogens (tertiary/aromatic N) is 2. The summed E-state index contributed by atoms with van der Waals surface area (Å²) in [6, 6.07) is 17.4. The highest BCUT2D eigenvalue weighted by molar-refractivity contribution is 5.69. The molecule has 2 aromatic carbocycles. The van der Waals surface area contributed by atoms with Gasteiger partial charge in [-0.25, -0.2) is 4.79 Å². The fourth-order valence-electron chi connectivity index (χ4n) is 2.46. The molecule has 0 bridgehead atoms. The molecule has 0 aliphatic carbocycles. The van der Waals surface area contributed by atoms with Gasteiger partial charge < -0.3 is 14.6 Å². The Kier molecular flexibility index (Phi) is 4.33. The van der Waals surface area contributed by atoms with Gasteiger partial charge in [0.1, 0.15) is 5.75 Å². The minimum Gasteiger partial charge on any atom is -0.497 e. The first-order valence-electron chi connectivity index (χ1n) is 7.60. The zero-order chi connectivity index (χ0) is 17.1. The Labute approximate surface area is 140 Å². The van der Waals surface area contributed by atoms with Gasteiger partial charge in [0.25, 0.3) is 0 Å². The van der Waals surface area contributed by atoms with E-state index in [2.05, 4.69) is 9.97 Å². The van der Waals surface area contributed by atoms with Crippen molar-refractivity contribution in [3.63, 3.8) is 0 Å². The number of methoxy groups -OCH3 is 1. The second-order valence-corrected chi connectivity index (χ2v) is 5.66. The Bertz CT molecular complexity index is 882. The summed E-state index contributed by atoms with van der Waals surface area (Å²) in [5.74, 6) is 0.767. The maximum atomic E-state index is 12.0. The lowest BCUT2D eigenvalue weighted by atomic mass is 10.1. The van der Waals surface area contributed by atoms with Gasteiger partial charge in [0.2, 0.25) is 0 Å². The van der Waals surface area contributed by atoms with Crippen molar-refractivity contribution in [2.24, 2.45) is 0 Å². The lowest BCUT2D eigenvalue weighted by Gasteiger charge is -2.13. The number of hydrogen-bond donors (Lipinski definition) is 1. The van der Waals surface area contributed by atoms with Crippen LogP contribution in [0.4, 0.5) is 5.69 Å². The van der Waals surface area contributed by atoms with E-state index in [0.717, 1.165) is 28.3 Å². The summed E-state index contributed by atoms with van der Waals surface area (Å²) < 4.78 is 5.16. The third-order valence-corrected chi connectivity index (χ3v) is 3.83. The monoisotopic (exact) mass is 321 g/mol. The molecule has 24 heavy (non-hydrogen) atoms. The Morgan fingerprint density at radius 3 is 2.17 bits per heavy atom. The second-order valence-electron chi connectivity index (χ2n) is 5.66. The van der Waals surface area contributed by atoms with E-state index in [1.807, 2.05) is 73.6 Å². The van der Waals surface area contributed by atoms with Crippen LogP contribution in [-0.2, 0) is 0 Å². The topological polar surface area (TPSA) is 58.2 Å². The predicted molar refractivity (Wildman–Crippen MR) is 96.6 cm³/mol. The molecule has 0 atom stereocenters. The van der Waals surface area contributed by atoms with E-state index < -0.39 is 0 Å². The fraction of sp³-hybridized carbons (Fsp3) is 0.158. The number of aromatic nitrogens is 2. The van der Waals surface area contributed by atoms with Crippen molar-refractivity contribution in [1.82, 2.24) is 9.97 Å². The maximum absolute atomic E-state index is 12.0. The van der Waals surface area contributed by atoms with Gasteiger partial charge in [-0.3, -0.25) is 0 Å². The fourth-order valence-corrected chi connectivity index (χ4v) is 2.46. The minimum absolute atomic E-state index is 0.366. The van der Waals surface area contributed by atoms with Gasteiger partial charge in [0.15, 0.2) is 0 Å². The number of rotatable bonds is 4. The molecule has 1 heterocycles. The summed E-state index contributed by atoms with van der Waals surface area (Å²) in [5.41, 5.74) is 3.92. The molecule has 1 aromatic heterocycles. The third kappa shape index (κ3) is 3.30. The van der Waals surface area contributed by atoms with Crippen molar-refractivity contribution in [3.05, 3.63) is 65.1 Å². The SMILES string of the molecule is COc1ccc(-c2cc(-c3ccc(N(C)C)cc3)[nH]c(=O)n2)cc1. The largest absolute Gasteiger partial charge is 0.497 e. The highest BCUT2D eigenvalue weighted by Crippen LogP contribution is 2.25. The standard InChI is InChI=1S/C19H19N3O2/c1-22(2)15-8-4-13(5-9-15)17-12-18(21-19(23)20-17)14-6-10-16(24-3)11-7-14/h4-12H,1-3H3,(H,20,21,23). The first-order valence-corrected chi connectivity index (χ1v) is 7.60. The Morgan fingerprint density at radius 2 is 1.58 bits per heavy atom. The molecule has 3 aromatic rings. The molecular formula is C19H19N3O2. The van der Waals surface area contributed by atoms with Crippen molar-refractivity contribution < 1.29 is 4.74 Å². The lowest BCUT2D eigenvalue weighted by Crippen LogP contribution is -2.12. The third-order valence-electron chi connectivity index (χ3n) is 3.83. The molecule has 0 unspecified atom stereocenters. The molecule has 0 aliphatic rings. The van der Waals surface area contributed by atoms with Crippen LogP contribution in [-0.4, -0.2) is 31.2 Å². The smallest absolute Gasteiger partial charge is 0.345 e. The average molecular weight is 321 g/mol. The van der Waals surface area contributed by atoms with Crippen LogP contribution in [0.1, 0.15) is 0 Å². The van der Waals surface area contributed by atoms with Crippen LogP contribution in [0.15, 0.2) is 59.4 Å². The van der Waals surface area contributed by atoms with E-state index in [1.54, 1.807) is 7.11 Å². The Morgan fingerprint density at radius 1 is 0.958 bits per heavy atom. The number of benzene rings is 2. The van der Waals surface area contributed by atoms with E-state index >= 15 is 0 Å². The summed E-state index contributed by atoms with van der Waals surface area (Å²) in [5, 5.41) is 0. The van der Waals surface area contributed by atoms with E-state index in [-0.39, 0.29) is 5.69 Å². The molecule has 0 amide bonds. The van der Waals surface area contributed by atoms with Crippen molar-refractivity contribution in [2.45, 2.75) is 0 Å². The van der Waals surface area contributed by atoms with Gasteiger partial charge in [-0.05, 0) is 48.0 Å². The number of ether oxygens (including phenoxy) is 1. The van der Waals surface area contributed by atoms with E-state index in [1.165, 1.54) is 0 Å². The molecule has 5 heteroatoms. The highest BCUT2D eigenvalue weighted by atomic mass is 16.5. The molecule has 0 aliphatic heterocycles. The number of aromatic amines is 1. The molecule has 0 saturated heterocycles. The zero-order valence-corrected chi connectivity index (χ0v) is 13.9. The van der Waals surface area contributed by atoms with Gasteiger partial charge in [0, 0.05) is 25.3 Å². The summed E-state index contributed by atoms with van der Waals surface area (Å²) in [6.45, 7) is 0. The average Bonchev–Trinajstić information content (AvgIpc) is 2.61. The second kappa shape index (κ2) is 6.58. The van der Waals surface area contributed by atoms with Crippen LogP contribution in [0.2, 0.25) is 0 Å². The minimum atomic E-state index is -0.366. The molecule has 0 spiro atoms. The van der Waals surface area contributed by atoms with Crippen molar-refractivity contribution in [3.8, 4) is 28.3 Å². The Balaban J connectivity index is 2.00. The van der Waals surface area contributed by atoms with Gasteiger partial charge >= 0.3 is 5.69 Å². The van der Waals surface area contributed by atoms with Crippen molar-refractivity contribution in [1.29, 1.82) is 0 Å². The van der Waals surface area contributed by atoms with Crippen LogP contribution >= 0.6 is 0 Å². The lowest BCUT2D eigenvalue weighted by molar-refractivity contribution is 0.415. The van der Waals surface area contributed by atoms with Gasteiger partial charge in [0.05, 0.1) is 18.5 Å². The molecule has 3 rings (SSSR count).